The fourth-order valence-corrected chi connectivity index (χ4v) is 2.55. The topological polar surface area (TPSA) is 68.5 Å². The van der Waals surface area contributed by atoms with Crippen molar-refractivity contribution in [3.05, 3.63) is 39.3 Å². The fraction of sp³-hybridized carbons (Fsp3) is 0.231. The number of nitrogens with zero attached hydrogens (tertiary/aromatic N) is 1. The maximum atomic E-state index is 11.7. The van der Waals surface area contributed by atoms with Crippen LogP contribution in [0.5, 0.6) is 5.75 Å². The third-order valence-electron chi connectivity index (χ3n) is 2.70. The number of methoxy groups -OCH3 is 1. The fourth-order valence-electron chi connectivity index (χ4n) is 1.76. The Labute approximate surface area is 113 Å². The molecule has 1 aromatic carbocycles. The molecule has 1 N–H and O–H groups in total. The molecule has 5 nitrogen and oxygen atoms in total. The number of aliphatic carboxylic acids is 1. The lowest BCUT2D eigenvalue weighted by Gasteiger charge is -2.07. The van der Waals surface area contributed by atoms with Crippen LogP contribution >= 0.6 is 11.3 Å². The lowest BCUT2D eigenvalue weighted by atomic mass is 10.1. The number of benzene rings is 1. The quantitative estimate of drug-likeness (QED) is 0.909. The maximum Gasteiger partial charge on any atom is 0.307 e. The van der Waals surface area contributed by atoms with Gasteiger partial charge in [0.25, 0.3) is 0 Å². The number of thiazole rings is 1. The largest absolute Gasteiger partial charge is 0.497 e. The lowest BCUT2D eigenvalue weighted by molar-refractivity contribution is -0.137. The molecular weight excluding hydrogens is 266 g/mol. The van der Waals surface area contributed by atoms with E-state index in [4.69, 9.17) is 9.84 Å². The summed E-state index contributed by atoms with van der Waals surface area (Å²) < 4.78 is 6.62. The molecule has 0 aliphatic rings. The minimum Gasteiger partial charge on any atom is -0.497 e. The number of carbonyl (C=O) groups is 1. The normalized spacial score (nSPS) is 10.4. The predicted molar refractivity (Wildman–Crippen MR) is 72.8 cm³/mol. The number of carboxylic acids is 1. The van der Waals surface area contributed by atoms with Crippen LogP contribution in [0.1, 0.15) is 6.42 Å². The van der Waals surface area contributed by atoms with Gasteiger partial charge in [-0.25, -0.2) is 0 Å². The molecule has 0 aliphatic carbocycles. The Morgan fingerprint density at radius 3 is 2.95 bits per heavy atom. The van der Waals surface area contributed by atoms with Gasteiger partial charge < -0.3 is 9.84 Å². The Kier molecular flexibility index (Phi) is 4.01. The van der Waals surface area contributed by atoms with Gasteiger partial charge in [0, 0.05) is 17.5 Å². The van der Waals surface area contributed by atoms with Crippen molar-refractivity contribution in [2.45, 2.75) is 13.0 Å². The third-order valence-corrected chi connectivity index (χ3v) is 3.46. The molecule has 0 radical (unpaired) electrons. The van der Waals surface area contributed by atoms with Crippen LogP contribution in [0.3, 0.4) is 0 Å². The van der Waals surface area contributed by atoms with Crippen molar-refractivity contribution in [1.29, 1.82) is 0 Å². The average molecular weight is 279 g/mol. The molecule has 100 valence electrons. The number of ether oxygens (including phenoxy) is 1. The first-order chi connectivity index (χ1) is 9.11. The smallest absolute Gasteiger partial charge is 0.307 e. The van der Waals surface area contributed by atoms with Gasteiger partial charge in [-0.05, 0) is 12.1 Å². The van der Waals surface area contributed by atoms with Crippen LogP contribution in [-0.4, -0.2) is 22.8 Å². The molecule has 1 heterocycles. The van der Waals surface area contributed by atoms with Crippen LogP contribution in [-0.2, 0) is 11.3 Å². The van der Waals surface area contributed by atoms with E-state index < -0.39 is 5.97 Å². The van der Waals surface area contributed by atoms with Crippen LogP contribution in [0.2, 0.25) is 0 Å². The Balaban J connectivity index is 2.38. The highest BCUT2D eigenvalue weighted by Gasteiger charge is 2.10. The molecular formula is C13H13NO4S. The molecule has 2 aromatic rings. The van der Waals surface area contributed by atoms with Crippen LogP contribution in [0, 0.1) is 0 Å². The zero-order valence-corrected chi connectivity index (χ0v) is 11.1. The summed E-state index contributed by atoms with van der Waals surface area (Å²) in [5.74, 6) is -0.226. The number of hydrogen-bond acceptors (Lipinski definition) is 4. The van der Waals surface area contributed by atoms with Crippen molar-refractivity contribution >= 4 is 17.3 Å². The second-order valence-corrected chi connectivity index (χ2v) is 4.73. The summed E-state index contributed by atoms with van der Waals surface area (Å²) in [6.07, 6.45) is -0.0758. The van der Waals surface area contributed by atoms with Gasteiger partial charge in [0.05, 0.1) is 19.2 Å². The summed E-state index contributed by atoms with van der Waals surface area (Å²) in [6, 6.07) is 7.33. The lowest BCUT2D eigenvalue weighted by Crippen LogP contribution is -2.16. The van der Waals surface area contributed by atoms with E-state index >= 15 is 0 Å². The first kappa shape index (κ1) is 13.4. The van der Waals surface area contributed by atoms with E-state index in [1.165, 1.54) is 4.57 Å². The van der Waals surface area contributed by atoms with E-state index in [0.29, 0.717) is 5.75 Å². The van der Waals surface area contributed by atoms with Crippen molar-refractivity contribution in [2.75, 3.05) is 7.11 Å². The molecule has 0 saturated carbocycles. The summed E-state index contributed by atoms with van der Waals surface area (Å²) in [6.45, 7) is 0.171. The minimum absolute atomic E-state index is 0.0758. The van der Waals surface area contributed by atoms with Gasteiger partial charge in [-0.1, -0.05) is 23.5 Å². The highest BCUT2D eigenvalue weighted by molar-refractivity contribution is 7.07. The molecule has 0 saturated heterocycles. The predicted octanol–water partition coefficient (Wildman–Crippen LogP) is 2.06. The second kappa shape index (κ2) is 5.71. The molecule has 0 atom stereocenters. The summed E-state index contributed by atoms with van der Waals surface area (Å²) in [4.78, 5) is 22.2. The van der Waals surface area contributed by atoms with Gasteiger partial charge >= 0.3 is 10.8 Å². The summed E-state index contributed by atoms with van der Waals surface area (Å²) in [5.41, 5.74) is 1.55. The number of hydrogen-bond donors (Lipinski definition) is 1. The van der Waals surface area contributed by atoms with Gasteiger partial charge in [-0.2, -0.15) is 0 Å². The van der Waals surface area contributed by atoms with Crippen LogP contribution < -0.4 is 9.61 Å². The van der Waals surface area contributed by atoms with E-state index in [-0.39, 0.29) is 17.8 Å². The summed E-state index contributed by atoms with van der Waals surface area (Å²) >= 11 is 1.06. The van der Waals surface area contributed by atoms with Gasteiger partial charge in [0.15, 0.2) is 0 Å². The molecule has 0 amide bonds. The molecule has 0 spiro atoms. The Hall–Kier alpha value is -2.08. The molecule has 6 heteroatoms. The van der Waals surface area contributed by atoms with Crippen molar-refractivity contribution < 1.29 is 14.6 Å². The third kappa shape index (κ3) is 3.03. The van der Waals surface area contributed by atoms with Crippen molar-refractivity contribution in [1.82, 2.24) is 4.57 Å². The highest BCUT2D eigenvalue weighted by atomic mass is 32.1. The van der Waals surface area contributed by atoms with Gasteiger partial charge in [0.1, 0.15) is 5.75 Å². The van der Waals surface area contributed by atoms with Gasteiger partial charge in [-0.15, -0.1) is 0 Å². The molecule has 19 heavy (non-hydrogen) atoms. The number of carboxylic acid groups (broad SMARTS) is 1. The zero-order valence-electron chi connectivity index (χ0n) is 10.3. The summed E-state index contributed by atoms with van der Waals surface area (Å²) in [7, 11) is 1.57. The number of aromatic nitrogens is 1. The first-order valence-corrected chi connectivity index (χ1v) is 6.54. The molecule has 0 aliphatic heterocycles. The Morgan fingerprint density at radius 1 is 1.47 bits per heavy atom. The minimum atomic E-state index is -0.922. The monoisotopic (exact) mass is 279 g/mol. The molecule has 0 fully saturated rings. The average Bonchev–Trinajstić information content (AvgIpc) is 2.77. The van der Waals surface area contributed by atoms with E-state index in [1.807, 2.05) is 24.3 Å². The Morgan fingerprint density at radius 2 is 2.26 bits per heavy atom. The van der Waals surface area contributed by atoms with E-state index in [0.717, 1.165) is 22.6 Å². The second-order valence-electron chi connectivity index (χ2n) is 3.91. The standard InChI is InChI=1S/C13H13NO4S/c1-18-10-4-2-3-9(7-10)11-8-19-13(17)14(11)6-5-12(15)16/h2-4,7-8H,5-6H2,1H3,(H,15,16). The molecule has 2 rings (SSSR count). The van der Waals surface area contributed by atoms with Crippen molar-refractivity contribution in [2.24, 2.45) is 0 Å². The zero-order chi connectivity index (χ0) is 13.8. The van der Waals surface area contributed by atoms with Crippen molar-refractivity contribution in [3.63, 3.8) is 0 Å². The van der Waals surface area contributed by atoms with Gasteiger partial charge in [0.2, 0.25) is 0 Å². The SMILES string of the molecule is COc1cccc(-c2csc(=O)n2CCC(=O)O)c1. The van der Waals surface area contributed by atoms with E-state index in [2.05, 4.69) is 0 Å². The van der Waals surface area contributed by atoms with Crippen molar-refractivity contribution in [3.8, 4) is 17.0 Å². The maximum absolute atomic E-state index is 11.7. The van der Waals surface area contributed by atoms with Gasteiger partial charge in [-0.3, -0.25) is 14.2 Å². The number of rotatable bonds is 5. The van der Waals surface area contributed by atoms with E-state index in [9.17, 15) is 9.59 Å². The first-order valence-electron chi connectivity index (χ1n) is 5.66. The summed E-state index contributed by atoms with van der Waals surface area (Å²) in [5, 5.41) is 10.4. The van der Waals surface area contributed by atoms with Crippen LogP contribution in [0.4, 0.5) is 0 Å². The highest BCUT2D eigenvalue weighted by Crippen LogP contribution is 2.24. The molecule has 0 unspecified atom stereocenters. The van der Waals surface area contributed by atoms with Crippen LogP contribution in [0.25, 0.3) is 11.3 Å². The molecule has 0 bridgehead atoms. The Bertz CT molecular complexity index is 644. The van der Waals surface area contributed by atoms with E-state index in [1.54, 1.807) is 12.5 Å². The van der Waals surface area contributed by atoms with Crippen LogP contribution in [0.15, 0.2) is 34.4 Å². The molecule has 1 aromatic heterocycles.